The monoisotopic (exact) mass is 311 g/mol. The van der Waals surface area contributed by atoms with Crippen LogP contribution < -0.4 is 10.4 Å². The number of pyridine rings is 1. The van der Waals surface area contributed by atoms with Crippen LogP contribution in [0.2, 0.25) is 0 Å². The molecule has 0 amide bonds. The molecule has 3 aromatic rings. The number of benzene rings is 1. The molecule has 0 aliphatic heterocycles. The molecule has 0 saturated carbocycles. The number of hydrogen-bond donors (Lipinski definition) is 0. The van der Waals surface area contributed by atoms with E-state index < -0.39 is 0 Å². The van der Waals surface area contributed by atoms with Crippen LogP contribution in [0.1, 0.15) is 18.9 Å². The van der Waals surface area contributed by atoms with Gasteiger partial charge in [0.2, 0.25) is 0 Å². The van der Waals surface area contributed by atoms with Crippen LogP contribution in [0.25, 0.3) is 10.2 Å². The van der Waals surface area contributed by atoms with Crippen LogP contribution in [0.5, 0.6) is 0 Å². The van der Waals surface area contributed by atoms with Crippen LogP contribution in [0.15, 0.2) is 52.4 Å². The Morgan fingerprint density at radius 2 is 2.00 bits per heavy atom. The Morgan fingerprint density at radius 3 is 2.73 bits per heavy atom. The highest BCUT2D eigenvalue weighted by Crippen LogP contribution is 2.13. The Kier molecular flexibility index (Phi) is 4.15. The number of rotatable bonds is 3. The second kappa shape index (κ2) is 6.23. The number of nitrogens with zero attached hydrogens (tertiary/aromatic N) is 3. The lowest BCUT2D eigenvalue weighted by atomic mass is 10.2. The lowest BCUT2D eigenvalue weighted by molar-refractivity contribution is 0.640. The van der Waals surface area contributed by atoms with Crippen LogP contribution in [0.3, 0.4) is 0 Å². The Morgan fingerprint density at radius 1 is 1.23 bits per heavy atom. The third kappa shape index (κ3) is 2.85. The van der Waals surface area contributed by atoms with Crippen LogP contribution in [-0.4, -0.2) is 9.55 Å². The van der Waals surface area contributed by atoms with E-state index in [9.17, 15) is 4.79 Å². The molecule has 0 fully saturated rings. The zero-order valence-electron chi connectivity index (χ0n) is 12.6. The summed E-state index contributed by atoms with van der Waals surface area (Å²) in [7, 11) is 0. The second-order valence-corrected chi connectivity index (χ2v) is 6.10. The van der Waals surface area contributed by atoms with Crippen molar-refractivity contribution < 1.29 is 0 Å². The number of fused-ring (bicyclic) bond motifs is 1. The smallest absolute Gasteiger partial charge is 0.263 e. The predicted molar refractivity (Wildman–Crippen MR) is 90.6 cm³/mol. The van der Waals surface area contributed by atoms with Gasteiger partial charge in [-0.25, -0.2) is 9.98 Å². The van der Waals surface area contributed by atoms with E-state index in [-0.39, 0.29) is 5.56 Å². The first-order chi connectivity index (χ1) is 10.7. The summed E-state index contributed by atoms with van der Waals surface area (Å²) in [5.74, 6) is 0. The maximum Gasteiger partial charge on any atom is 0.263 e. The largest absolute Gasteiger partial charge is 0.284 e. The molecule has 0 atom stereocenters. The second-order valence-electron chi connectivity index (χ2n) is 5.14. The molecule has 112 valence electrons. The van der Waals surface area contributed by atoms with Crippen molar-refractivity contribution in [1.29, 1.82) is 0 Å². The summed E-state index contributed by atoms with van der Waals surface area (Å²) >= 11 is 1.45. The van der Waals surface area contributed by atoms with E-state index in [1.54, 1.807) is 16.8 Å². The molecule has 0 saturated heterocycles. The predicted octanol–water partition coefficient (Wildman–Crippen LogP) is 3.41. The standard InChI is InChI=1S/C17H17N3OS/c1-3-11-20-16(21)14-5-4-10-18-15(14)22-17(20)19-13-8-6-12(2)7-9-13/h4-10H,3,11H2,1-2H3. The van der Waals surface area contributed by atoms with Gasteiger partial charge in [0.15, 0.2) is 4.80 Å². The van der Waals surface area contributed by atoms with Gasteiger partial charge in [-0.15, -0.1) is 0 Å². The lowest BCUT2D eigenvalue weighted by Crippen LogP contribution is -2.31. The molecule has 0 bridgehead atoms. The van der Waals surface area contributed by atoms with Gasteiger partial charge in [-0.05, 0) is 37.6 Å². The normalized spacial score (nSPS) is 12.0. The molecular formula is C17H17N3OS. The van der Waals surface area contributed by atoms with Gasteiger partial charge in [-0.2, -0.15) is 0 Å². The highest BCUT2D eigenvalue weighted by Gasteiger charge is 2.07. The first-order valence-corrected chi connectivity index (χ1v) is 8.11. The van der Waals surface area contributed by atoms with E-state index >= 15 is 0 Å². The van der Waals surface area contributed by atoms with Crippen molar-refractivity contribution in [3.63, 3.8) is 0 Å². The molecule has 4 nitrogen and oxygen atoms in total. The summed E-state index contributed by atoms with van der Waals surface area (Å²) in [6.07, 6.45) is 2.59. The van der Waals surface area contributed by atoms with Crippen molar-refractivity contribution in [1.82, 2.24) is 9.55 Å². The molecule has 0 spiro atoms. The summed E-state index contributed by atoms with van der Waals surface area (Å²) in [5, 5.41) is 0.656. The van der Waals surface area contributed by atoms with E-state index in [4.69, 9.17) is 0 Å². The molecule has 3 rings (SSSR count). The van der Waals surface area contributed by atoms with Gasteiger partial charge in [0.1, 0.15) is 4.83 Å². The molecule has 22 heavy (non-hydrogen) atoms. The van der Waals surface area contributed by atoms with Crippen LogP contribution in [-0.2, 0) is 6.54 Å². The van der Waals surface area contributed by atoms with Gasteiger partial charge in [-0.3, -0.25) is 9.36 Å². The summed E-state index contributed by atoms with van der Waals surface area (Å²) in [4.78, 5) is 23.0. The SMILES string of the molecule is CCCn1c(=Nc2ccc(C)cc2)sc2ncccc2c1=O. The molecule has 0 unspecified atom stereocenters. The van der Waals surface area contributed by atoms with Crippen LogP contribution in [0.4, 0.5) is 5.69 Å². The van der Waals surface area contributed by atoms with Gasteiger partial charge in [0, 0.05) is 12.7 Å². The summed E-state index contributed by atoms with van der Waals surface area (Å²) < 4.78 is 1.74. The molecular weight excluding hydrogens is 294 g/mol. The highest BCUT2D eigenvalue weighted by atomic mass is 32.1. The first-order valence-electron chi connectivity index (χ1n) is 7.29. The van der Waals surface area contributed by atoms with Gasteiger partial charge in [0.25, 0.3) is 5.56 Å². The van der Waals surface area contributed by atoms with E-state index in [1.165, 1.54) is 16.9 Å². The minimum atomic E-state index is -0.0189. The van der Waals surface area contributed by atoms with Crippen molar-refractivity contribution in [2.45, 2.75) is 26.8 Å². The Hall–Kier alpha value is -2.27. The van der Waals surface area contributed by atoms with Crippen molar-refractivity contribution >= 4 is 27.2 Å². The molecule has 5 heteroatoms. The maximum absolute atomic E-state index is 12.7. The van der Waals surface area contributed by atoms with Crippen molar-refractivity contribution in [2.75, 3.05) is 0 Å². The molecule has 0 N–H and O–H groups in total. The number of aryl methyl sites for hydroxylation is 1. The summed E-state index contributed by atoms with van der Waals surface area (Å²) in [5.41, 5.74) is 2.02. The third-order valence-corrected chi connectivity index (χ3v) is 4.38. The van der Waals surface area contributed by atoms with Gasteiger partial charge in [0.05, 0.1) is 11.1 Å². The Balaban J connectivity index is 2.29. The third-order valence-electron chi connectivity index (χ3n) is 3.37. The minimum absolute atomic E-state index is 0.0189. The molecule has 1 aromatic carbocycles. The van der Waals surface area contributed by atoms with Crippen molar-refractivity contribution in [3.05, 3.63) is 63.3 Å². The fourth-order valence-corrected chi connectivity index (χ4v) is 3.23. The van der Waals surface area contributed by atoms with Crippen LogP contribution >= 0.6 is 11.3 Å². The van der Waals surface area contributed by atoms with E-state index in [0.717, 1.165) is 16.9 Å². The minimum Gasteiger partial charge on any atom is -0.284 e. The topological polar surface area (TPSA) is 47.2 Å². The van der Waals surface area contributed by atoms with Gasteiger partial charge in [-0.1, -0.05) is 36.0 Å². The van der Waals surface area contributed by atoms with E-state index in [2.05, 4.69) is 16.9 Å². The molecule has 0 radical (unpaired) electrons. The molecule has 0 aliphatic rings. The zero-order valence-corrected chi connectivity index (χ0v) is 13.4. The maximum atomic E-state index is 12.7. The number of hydrogen-bond acceptors (Lipinski definition) is 4. The first kappa shape index (κ1) is 14.7. The van der Waals surface area contributed by atoms with Crippen molar-refractivity contribution in [2.24, 2.45) is 4.99 Å². The average Bonchev–Trinajstić information content (AvgIpc) is 2.53. The average molecular weight is 311 g/mol. The number of aromatic nitrogens is 2. The summed E-state index contributed by atoms with van der Waals surface area (Å²) in [6.45, 7) is 4.75. The van der Waals surface area contributed by atoms with Crippen LogP contribution in [0, 0.1) is 6.92 Å². The quantitative estimate of drug-likeness (QED) is 0.744. The van der Waals surface area contributed by atoms with E-state index in [1.807, 2.05) is 37.3 Å². The molecule has 2 heterocycles. The summed E-state index contributed by atoms with van der Waals surface area (Å²) in [6, 6.07) is 11.6. The lowest BCUT2D eigenvalue weighted by Gasteiger charge is -2.06. The Bertz CT molecular complexity index is 923. The molecule has 0 aliphatic carbocycles. The van der Waals surface area contributed by atoms with Gasteiger partial charge < -0.3 is 0 Å². The van der Waals surface area contributed by atoms with Crippen molar-refractivity contribution in [3.8, 4) is 0 Å². The Labute approximate surface area is 132 Å². The zero-order chi connectivity index (χ0) is 15.5. The van der Waals surface area contributed by atoms with E-state index in [0.29, 0.717) is 16.7 Å². The fraction of sp³-hybridized carbons (Fsp3) is 0.235. The fourth-order valence-electron chi connectivity index (χ4n) is 2.24. The highest BCUT2D eigenvalue weighted by molar-refractivity contribution is 7.15. The van der Waals surface area contributed by atoms with Gasteiger partial charge >= 0.3 is 0 Å². The molecule has 2 aromatic heterocycles.